The normalized spacial score (nSPS) is 10.2. The van der Waals surface area contributed by atoms with Crippen LogP contribution >= 0.6 is 0 Å². The number of aromatic nitrogens is 2. The van der Waals surface area contributed by atoms with E-state index in [4.69, 9.17) is 9.84 Å². The van der Waals surface area contributed by atoms with E-state index < -0.39 is 6.09 Å². The van der Waals surface area contributed by atoms with Crippen LogP contribution in [0, 0.1) is 11.3 Å². The minimum atomic E-state index is -1.06. The Morgan fingerprint density at radius 1 is 1.23 bits per heavy atom. The first-order valence-corrected chi connectivity index (χ1v) is 7.81. The zero-order valence-corrected chi connectivity index (χ0v) is 14.0. The average Bonchev–Trinajstić information content (AvgIpc) is 3.11. The summed E-state index contributed by atoms with van der Waals surface area (Å²) >= 11 is 0. The van der Waals surface area contributed by atoms with Gasteiger partial charge in [-0.25, -0.2) is 9.48 Å². The van der Waals surface area contributed by atoms with Crippen molar-refractivity contribution in [3.63, 3.8) is 0 Å². The van der Waals surface area contributed by atoms with Crippen LogP contribution in [0.1, 0.15) is 11.3 Å². The number of nitrogens with one attached hydrogen (secondary N) is 1. The molecule has 0 spiro atoms. The van der Waals surface area contributed by atoms with Gasteiger partial charge in [-0.15, -0.1) is 0 Å². The minimum Gasteiger partial charge on any atom is -0.497 e. The summed E-state index contributed by atoms with van der Waals surface area (Å²) in [7, 11) is 1.60. The van der Waals surface area contributed by atoms with Crippen molar-refractivity contribution in [2.75, 3.05) is 7.11 Å². The molecule has 0 saturated heterocycles. The number of carbonyl (C=O) groups is 1. The fourth-order valence-corrected chi connectivity index (χ4v) is 2.53. The molecular weight excluding hydrogens is 332 g/mol. The number of amides is 1. The SMILES string of the molecule is COc1ccc(-n2nc(C#N)cc2-c2ccc(CNC(=O)O)cc2)cc1. The minimum absolute atomic E-state index is 0.233. The summed E-state index contributed by atoms with van der Waals surface area (Å²) in [4.78, 5) is 10.6. The highest BCUT2D eigenvalue weighted by Crippen LogP contribution is 2.25. The fourth-order valence-electron chi connectivity index (χ4n) is 2.53. The fraction of sp³-hybridized carbons (Fsp3) is 0.105. The van der Waals surface area contributed by atoms with Gasteiger partial charge in [-0.3, -0.25) is 0 Å². The lowest BCUT2D eigenvalue weighted by Gasteiger charge is -2.09. The first-order chi connectivity index (χ1) is 12.6. The maximum atomic E-state index is 10.6. The Bertz CT molecular complexity index is 954. The van der Waals surface area contributed by atoms with Gasteiger partial charge in [0.05, 0.1) is 18.5 Å². The molecule has 0 unspecified atom stereocenters. The van der Waals surface area contributed by atoms with E-state index in [1.165, 1.54) is 0 Å². The molecule has 0 aliphatic carbocycles. The summed E-state index contributed by atoms with van der Waals surface area (Å²) in [6.45, 7) is 0.233. The van der Waals surface area contributed by atoms with E-state index in [9.17, 15) is 10.1 Å². The first kappa shape index (κ1) is 17.0. The molecule has 0 radical (unpaired) electrons. The number of ether oxygens (including phenoxy) is 1. The van der Waals surface area contributed by atoms with Crippen LogP contribution < -0.4 is 10.1 Å². The Hall–Kier alpha value is -3.79. The van der Waals surface area contributed by atoms with Crippen LogP contribution in [0.2, 0.25) is 0 Å². The quantitative estimate of drug-likeness (QED) is 0.737. The van der Waals surface area contributed by atoms with Gasteiger partial charge in [0, 0.05) is 18.2 Å². The van der Waals surface area contributed by atoms with Crippen LogP contribution in [0.5, 0.6) is 5.75 Å². The molecule has 3 rings (SSSR count). The van der Waals surface area contributed by atoms with Crippen LogP contribution in [0.25, 0.3) is 16.9 Å². The van der Waals surface area contributed by atoms with Gasteiger partial charge in [-0.1, -0.05) is 24.3 Å². The number of hydrogen-bond acceptors (Lipinski definition) is 4. The standard InChI is InChI=1S/C19H16N4O3/c1-26-17-8-6-16(7-9-17)23-18(10-15(11-20)22-23)14-4-2-13(3-5-14)12-21-19(24)25/h2-10,21H,12H2,1H3,(H,24,25). The second kappa shape index (κ2) is 7.40. The third-order valence-electron chi connectivity index (χ3n) is 3.83. The molecule has 26 heavy (non-hydrogen) atoms. The Kier molecular flexibility index (Phi) is 4.85. The van der Waals surface area contributed by atoms with Crippen LogP contribution in [0.3, 0.4) is 0 Å². The molecule has 0 fully saturated rings. The van der Waals surface area contributed by atoms with Gasteiger partial charge in [-0.2, -0.15) is 10.4 Å². The van der Waals surface area contributed by atoms with E-state index in [1.807, 2.05) is 48.5 Å². The van der Waals surface area contributed by atoms with Crippen LogP contribution in [-0.2, 0) is 6.54 Å². The molecule has 0 saturated carbocycles. The molecule has 2 aromatic carbocycles. The molecule has 7 nitrogen and oxygen atoms in total. The van der Waals surface area contributed by atoms with Crippen molar-refractivity contribution in [1.82, 2.24) is 15.1 Å². The zero-order valence-electron chi connectivity index (χ0n) is 14.0. The topological polar surface area (TPSA) is 100 Å². The van der Waals surface area contributed by atoms with Gasteiger partial charge in [0.2, 0.25) is 0 Å². The second-order valence-electron chi connectivity index (χ2n) is 5.49. The predicted octanol–water partition coefficient (Wildman–Crippen LogP) is 3.19. The van der Waals surface area contributed by atoms with E-state index >= 15 is 0 Å². The molecule has 3 aromatic rings. The van der Waals surface area contributed by atoms with E-state index in [0.717, 1.165) is 28.3 Å². The average molecular weight is 348 g/mol. The lowest BCUT2D eigenvalue weighted by molar-refractivity contribution is 0.194. The predicted molar refractivity (Wildman–Crippen MR) is 95.1 cm³/mol. The smallest absolute Gasteiger partial charge is 0.404 e. The van der Waals surface area contributed by atoms with Crippen molar-refractivity contribution >= 4 is 6.09 Å². The lowest BCUT2D eigenvalue weighted by atomic mass is 10.1. The Labute approximate surface area is 150 Å². The number of nitrogens with zero attached hydrogens (tertiary/aromatic N) is 3. The van der Waals surface area contributed by atoms with Crippen molar-refractivity contribution in [1.29, 1.82) is 5.26 Å². The summed E-state index contributed by atoms with van der Waals surface area (Å²) < 4.78 is 6.87. The van der Waals surface area contributed by atoms with E-state index in [0.29, 0.717) is 5.69 Å². The lowest BCUT2D eigenvalue weighted by Crippen LogP contribution is -2.19. The number of rotatable bonds is 5. The van der Waals surface area contributed by atoms with Crippen molar-refractivity contribution in [2.45, 2.75) is 6.54 Å². The summed E-state index contributed by atoms with van der Waals surface area (Å²) in [5.74, 6) is 0.734. The maximum absolute atomic E-state index is 10.6. The van der Waals surface area contributed by atoms with Gasteiger partial charge in [-0.05, 0) is 29.8 Å². The van der Waals surface area contributed by atoms with Crippen molar-refractivity contribution in [3.05, 3.63) is 65.9 Å². The number of hydrogen-bond donors (Lipinski definition) is 2. The number of benzene rings is 2. The molecule has 7 heteroatoms. The highest BCUT2D eigenvalue weighted by Gasteiger charge is 2.12. The van der Waals surface area contributed by atoms with Crippen LogP contribution in [-0.4, -0.2) is 28.1 Å². The van der Waals surface area contributed by atoms with Crippen LogP contribution in [0.15, 0.2) is 54.6 Å². The van der Waals surface area contributed by atoms with Crippen molar-refractivity contribution in [3.8, 4) is 28.8 Å². The van der Waals surface area contributed by atoms with Crippen LogP contribution in [0.4, 0.5) is 4.79 Å². The number of methoxy groups -OCH3 is 1. The van der Waals surface area contributed by atoms with Gasteiger partial charge < -0.3 is 15.2 Å². The Morgan fingerprint density at radius 2 is 1.92 bits per heavy atom. The van der Waals surface area contributed by atoms with Gasteiger partial charge in [0.25, 0.3) is 0 Å². The first-order valence-electron chi connectivity index (χ1n) is 7.81. The van der Waals surface area contributed by atoms with Gasteiger partial charge in [0.15, 0.2) is 5.69 Å². The molecule has 0 bridgehead atoms. The molecule has 0 atom stereocenters. The molecule has 2 N–H and O–H groups in total. The largest absolute Gasteiger partial charge is 0.497 e. The van der Waals surface area contributed by atoms with Crippen molar-refractivity contribution < 1.29 is 14.6 Å². The van der Waals surface area contributed by atoms with Crippen molar-refractivity contribution in [2.24, 2.45) is 0 Å². The summed E-state index contributed by atoms with van der Waals surface area (Å²) in [5, 5.41) is 24.5. The number of nitriles is 1. The third kappa shape index (κ3) is 3.65. The Morgan fingerprint density at radius 3 is 2.50 bits per heavy atom. The second-order valence-corrected chi connectivity index (χ2v) is 5.49. The summed E-state index contributed by atoms with van der Waals surface area (Å²) in [6, 6.07) is 18.6. The monoisotopic (exact) mass is 348 g/mol. The third-order valence-corrected chi connectivity index (χ3v) is 3.83. The molecule has 1 aromatic heterocycles. The molecule has 1 amide bonds. The van der Waals surface area contributed by atoms with E-state index in [1.54, 1.807) is 17.9 Å². The molecular formula is C19H16N4O3. The summed E-state index contributed by atoms with van der Waals surface area (Å²) in [6.07, 6.45) is -1.06. The van der Waals surface area contributed by atoms with E-state index in [-0.39, 0.29) is 6.54 Å². The van der Waals surface area contributed by atoms with E-state index in [2.05, 4.69) is 16.5 Å². The Balaban J connectivity index is 1.95. The summed E-state index contributed by atoms with van der Waals surface area (Å²) in [5.41, 5.74) is 3.59. The molecule has 130 valence electrons. The maximum Gasteiger partial charge on any atom is 0.404 e. The zero-order chi connectivity index (χ0) is 18.5. The molecule has 0 aliphatic rings. The highest BCUT2D eigenvalue weighted by atomic mass is 16.5. The molecule has 0 aliphatic heterocycles. The van der Waals surface area contributed by atoms with Gasteiger partial charge >= 0.3 is 6.09 Å². The number of carboxylic acid groups (broad SMARTS) is 1. The highest BCUT2D eigenvalue weighted by molar-refractivity contribution is 5.65. The molecule has 1 heterocycles. The van der Waals surface area contributed by atoms with Gasteiger partial charge in [0.1, 0.15) is 11.8 Å².